The van der Waals surface area contributed by atoms with Gasteiger partial charge in [-0.25, -0.2) is 0 Å². The van der Waals surface area contributed by atoms with Gasteiger partial charge in [-0.15, -0.1) is 0 Å². The second kappa shape index (κ2) is 12.1. The molecule has 0 spiro atoms. The molecule has 2 amide bonds. The summed E-state index contributed by atoms with van der Waals surface area (Å²) in [6.45, 7) is 10.2. The molecule has 6 heteroatoms. The first-order valence-electron chi connectivity index (χ1n) is 12.5. The van der Waals surface area contributed by atoms with Crippen molar-refractivity contribution in [3.63, 3.8) is 0 Å². The van der Waals surface area contributed by atoms with Crippen LogP contribution in [0, 0.1) is 6.92 Å². The highest BCUT2D eigenvalue weighted by Crippen LogP contribution is 2.42. The number of thioether (sulfide) groups is 1. The Labute approximate surface area is 218 Å². The molecule has 3 aromatic rings. The molecular formula is C30H33N3O2S. The molecule has 1 aliphatic rings. The summed E-state index contributed by atoms with van der Waals surface area (Å²) in [5.41, 5.74) is 4.73. The molecule has 3 aromatic carbocycles. The Kier molecular flexibility index (Phi) is 8.62. The number of rotatable bonds is 9. The van der Waals surface area contributed by atoms with Crippen molar-refractivity contribution >= 4 is 35.3 Å². The van der Waals surface area contributed by atoms with E-state index in [4.69, 9.17) is 0 Å². The maximum Gasteiger partial charge on any atom is 0.265 e. The number of amides is 2. The van der Waals surface area contributed by atoms with Crippen molar-refractivity contribution in [2.45, 2.75) is 32.2 Å². The van der Waals surface area contributed by atoms with E-state index >= 15 is 0 Å². The molecule has 0 atom stereocenters. The first kappa shape index (κ1) is 25.7. The molecule has 0 bridgehead atoms. The van der Waals surface area contributed by atoms with Crippen LogP contribution < -0.4 is 10.2 Å². The Hall–Kier alpha value is -3.35. The van der Waals surface area contributed by atoms with Crippen LogP contribution in [0.15, 0.2) is 82.6 Å². The Morgan fingerprint density at radius 3 is 2.39 bits per heavy atom. The largest absolute Gasteiger partial charge is 0.351 e. The van der Waals surface area contributed by atoms with E-state index in [-0.39, 0.29) is 11.8 Å². The highest BCUT2D eigenvalue weighted by Gasteiger charge is 2.29. The zero-order valence-electron chi connectivity index (χ0n) is 21.2. The zero-order valence-corrected chi connectivity index (χ0v) is 22.0. The zero-order chi connectivity index (χ0) is 25.5. The minimum Gasteiger partial charge on any atom is -0.351 e. The number of para-hydroxylation sites is 1. The van der Waals surface area contributed by atoms with E-state index in [2.05, 4.69) is 49.2 Å². The van der Waals surface area contributed by atoms with Crippen molar-refractivity contribution in [3.8, 4) is 0 Å². The van der Waals surface area contributed by atoms with Gasteiger partial charge in [-0.1, -0.05) is 74.1 Å². The molecule has 0 saturated heterocycles. The third-order valence-corrected chi connectivity index (χ3v) is 7.58. The summed E-state index contributed by atoms with van der Waals surface area (Å²) in [4.78, 5) is 32.0. The predicted octanol–water partition coefficient (Wildman–Crippen LogP) is 5.75. The number of carbonyl (C=O) groups excluding carboxylic acids is 2. The van der Waals surface area contributed by atoms with Crippen molar-refractivity contribution in [2.75, 3.05) is 31.1 Å². The van der Waals surface area contributed by atoms with Gasteiger partial charge in [0.2, 0.25) is 0 Å². The molecule has 0 saturated carbocycles. The highest BCUT2D eigenvalue weighted by atomic mass is 32.2. The van der Waals surface area contributed by atoms with Gasteiger partial charge in [0.25, 0.3) is 11.8 Å². The van der Waals surface area contributed by atoms with Crippen LogP contribution in [-0.2, 0) is 11.3 Å². The SMILES string of the molecule is CCN(CC)CCNC(=O)c1ccc(C=C2Sc3ccccc3N(Cc3ccccc3C)C2=O)cc1. The van der Waals surface area contributed by atoms with Crippen molar-refractivity contribution in [2.24, 2.45) is 0 Å². The van der Waals surface area contributed by atoms with E-state index < -0.39 is 0 Å². The lowest BCUT2D eigenvalue weighted by molar-refractivity contribution is -0.114. The first-order chi connectivity index (χ1) is 17.5. The molecule has 36 heavy (non-hydrogen) atoms. The van der Waals surface area contributed by atoms with Gasteiger partial charge in [0.15, 0.2) is 0 Å². The average Bonchev–Trinajstić information content (AvgIpc) is 2.90. The van der Waals surface area contributed by atoms with Gasteiger partial charge in [0, 0.05) is 23.5 Å². The number of hydrogen-bond acceptors (Lipinski definition) is 4. The molecule has 186 valence electrons. The minimum atomic E-state index is -0.0807. The summed E-state index contributed by atoms with van der Waals surface area (Å²) < 4.78 is 0. The molecule has 0 aliphatic carbocycles. The first-order valence-corrected chi connectivity index (χ1v) is 13.3. The Morgan fingerprint density at radius 1 is 0.972 bits per heavy atom. The number of nitrogens with one attached hydrogen (secondary N) is 1. The lowest BCUT2D eigenvalue weighted by Crippen LogP contribution is -2.34. The van der Waals surface area contributed by atoms with Crippen LogP contribution >= 0.6 is 11.8 Å². The van der Waals surface area contributed by atoms with E-state index in [1.165, 1.54) is 11.8 Å². The van der Waals surface area contributed by atoms with Crippen LogP contribution in [-0.4, -0.2) is 42.9 Å². The van der Waals surface area contributed by atoms with E-state index in [0.29, 0.717) is 23.6 Å². The smallest absolute Gasteiger partial charge is 0.265 e. The van der Waals surface area contributed by atoms with Gasteiger partial charge in [-0.2, -0.15) is 0 Å². The molecule has 5 nitrogen and oxygen atoms in total. The summed E-state index contributed by atoms with van der Waals surface area (Å²) in [6, 6.07) is 23.6. The van der Waals surface area contributed by atoms with E-state index in [0.717, 1.165) is 46.9 Å². The summed E-state index contributed by atoms with van der Waals surface area (Å²) >= 11 is 1.49. The number of nitrogens with zero attached hydrogens (tertiary/aromatic N) is 2. The van der Waals surface area contributed by atoms with Crippen LogP contribution in [0.25, 0.3) is 6.08 Å². The standard InChI is InChI=1S/C30H33N3O2S/c1-4-32(5-2)19-18-31-29(34)24-16-14-23(15-17-24)20-28-30(35)33(21-25-11-7-6-10-22(25)3)26-12-8-9-13-27(26)36-28/h6-17,20H,4-5,18-19,21H2,1-3H3,(H,31,34). The van der Waals surface area contributed by atoms with E-state index in [1.807, 2.05) is 65.6 Å². The summed E-state index contributed by atoms with van der Waals surface area (Å²) in [6.07, 6.45) is 1.91. The molecular weight excluding hydrogens is 466 g/mol. The second-order valence-electron chi connectivity index (χ2n) is 8.80. The predicted molar refractivity (Wildman–Crippen MR) is 149 cm³/mol. The fraction of sp³-hybridized carbons (Fsp3) is 0.267. The number of benzene rings is 3. The van der Waals surface area contributed by atoms with Crippen LogP contribution in [0.2, 0.25) is 0 Å². The minimum absolute atomic E-state index is 0.0137. The normalized spacial score (nSPS) is 14.3. The summed E-state index contributed by atoms with van der Waals surface area (Å²) in [5.74, 6) is -0.0945. The lowest BCUT2D eigenvalue weighted by Gasteiger charge is -2.31. The molecule has 0 unspecified atom stereocenters. The molecule has 4 rings (SSSR count). The number of aryl methyl sites for hydroxylation is 1. The number of hydrogen-bond donors (Lipinski definition) is 1. The van der Waals surface area contributed by atoms with Gasteiger partial charge >= 0.3 is 0 Å². The summed E-state index contributed by atoms with van der Waals surface area (Å²) in [7, 11) is 0. The van der Waals surface area contributed by atoms with Gasteiger partial charge in [0.05, 0.1) is 17.1 Å². The third-order valence-electron chi connectivity index (χ3n) is 6.50. The molecule has 0 aromatic heterocycles. The van der Waals surface area contributed by atoms with Gasteiger partial charge < -0.3 is 15.1 Å². The maximum absolute atomic E-state index is 13.6. The fourth-order valence-electron chi connectivity index (χ4n) is 4.23. The summed E-state index contributed by atoms with van der Waals surface area (Å²) in [5, 5.41) is 2.99. The molecule has 0 fully saturated rings. The quantitative estimate of drug-likeness (QED) is 0.381. The van der Waals surface area contributed by atoms with Gasteiger partial charge in [0.1, 0.15) is 0 Å². The second-order valence-corrected chi connectivity index (χ2v) is 9.88. The topological polar surface area (TPSA) is 52.7 Å². The number of fused-ring (bicyclic) bond motifs is 1. The molecule has 1 N–H and O–H groups in total. The Balaban J connectivity index is 1.50. The molecule has 1 heterocycles. The van der Waals surface area contributed by atoms with Crippen LogP contribution in [0.5, 0.6) is 0 Å². The maximum atomic E-state index is 13.6. The monoisotopic (exact) mass is 499 g/mol. The van der Waals surface area contributed by atoms with E-state index in [1.54, 1.807) is 0 Å². The third kappa shape index (κ3) is 6.07. The molecule has 0 radical (unpaired) electrons. The number of likely N-dealkylation sites (N-methyl/N-ethyl adjacent to an activating group) is 1. The number of anilines is 1. The number of carbonyl (C=O) groups is 2. The lowest BCUT2D eigenvalue weighted by atomic mass is 10.1. The van der Waals surface area contributed by atoms with Crippen LogP contribution in [0.1, 0.15) is 40.9 Å². The van der Waals surface area contributed by atoms with Crippen molar-refractivity contribution in [1.29, 1.82) is 0 Å². The van der Waals surface area contributed by atoms with E-state index in [9.17, 15) is 9.59 Å². The van der Waals surface area contributed by atoms with Gasteiger partial charge in [-0.05, 0) is 67.0 Å². The Morgan fingerprint density at radius 2 is 1.67 bits per heavy atom. The van der Waals surface area contributed by atoms with Crippen molar-refractivity contribution < 1.29 is 9.59 Å². The Bertz CT molecular complexity index is 1250. The average molecular weight is 500 g/mol. The van der Waals surface area contributed by atoms with Crippen LogP contribution in [0.3, 0.4) is 0 Å². The van der Waals surface area contributed by atoms with Crippen molar-refractivity contribution in [1.82, 2.24) is 10.2 Å². The van der Waals surface area contributed by atoms with Gasteiger partial charge in [-0.3, -0.25) is 9.59 Å². The molecule has 1 aliphatic heterocycles. The highest BCUT2D eigenvalue weighted by molar-refractivity contribution is 8.04. The van der Waals surface area contributed by atoms with Crippen molar-refractivity contribution in [3.05, 3.63) is 100.0 Å². The fourth-order valence-corrected chi connectivity index (χ4v) is 5.29. The van der Waals surface area contributed by atoms with Crippen LogP contribution in [0.4, 0.5) is 5.69 Å².